The molecule has 0 aromatic rings. The van der Waals surface area contributed by atoms with E-state index in [1.807, 2.05) is 0 Å². The number of ketones is 2. The number of carbonyl (C=O) groups excluding carboxylic acids is 2. The fourth-order valence-electron chi connectivity index (χ4n) is 6.80. The second-order valence-electron chi connectivity index (χ2n) is 9.16. The minimum absolute atomic E-state index is 0.0194. The second kappa shape index (κ2) is 5.45. The van der Waals surface area contributed by atoms with Gasteiger partial charge in [0.2, 0.25) is 0 Å². The molecule has 0 aromatic carbocycles. The highest BCUT2D eigenvalue weighted by molar-refractivity contribution is 6.33. The number of Topliss-reactive ketones (excluding diaryl/α,β-unsaturated/α-hetero) is 1. The van der Waals surface area contributed by atoms with Crippen molar-refractivity contribution in [2.75, 3.05) is 0 Å². The summed E-state index contributed by atoms with van der Waals surface area (Å²) in [4.78, 5) is 24.1. The molecule has 136 valence electrons. The maximum atomic E-state index is 12.2. The Morgan fingerprint density at radius 3 is 2.60 bits per heavy atom. The van der Waals surface area contributed by atoms with Gasteiger partial charge in [0.25, 0.3) is 0 Å². The molecule has 0 heterocycles. The van der Waals surface area contributed by atoms with E-state index in [1.54, 1.807) is 13.0 Å². The van der Waals surface area contributed by atoms with E-state index >= 15 is 0 Å². The first kappa shape index (κ1) is 17.3. The highest BCUT2D eigenvalue weighted by Crippen LogP contribution is 2.67. The Hall–Kier alpha value is -1.09. The number of aliphatic hydroxyl groups is 1. The van der Waals surface area contributed by atoms with Crippen molar-refractivity contribution in [2.45, 2.75) is 59.3 Å². The molecule has 6 atom stereocenters. The summed E-state index contributed by atoms with van der Waals surface area (Å²) in [6.07, 6.45) is 6.93. The van der Waals surface area contributed by atoms with Crippen LogP contribution in [0.15, 0.2) is 22.4 Å². The molecule has 0 aromatic heterocycles. The van der Waals surface area contributed by atoms with Crippen molar-refractivity contribution < 1.29 is 14.7 Å². The van der Waals surface area contributed by atoms with Gasteiger partial charge >= 0.3 is 0 Å². The summed E-state index contributed by atoms with van der Waals surface area (Å²) in [5, 5.41) is 11.4. The van der Waals surface area contributed by atoms with Gasteiger partial charge in [-0.1, -0.05) is 25.4 Å². The van der Waals surface area contributed by atoms with Crippen molar-refractivity contribution in [3.05, 3.63) is 22.4 Å². The van der Waals surface area contributed by atoms with E-state index in [0.29, 0.717) is 23.3 Å². The quantitative estimate of drug-likeness (QED) is 0.717. The van der Waals surface area contributed by atoms with Gasteiger partial charge < -0.3 is 5.11 Å². The summed E-state index contributed by atoms with van der Waals surface area (Å²) >= 11 is 6.59. The first-order valence-corrected chi connectivity index (χ1v) is 9.92. The van der Waals surface area contributed by atoms with Crippen LogP contribution in [0.5, 0.6) is 0 Å². The van der Waals surface area contributed by atoms with Crippen LogP contribution in [0.2, 0.25) is 0 Å². The fraction of sp³-hybridized carbons (Fsp3) is 0.714. The van der Waals surface area contributed by atoms with Crippen LogP contribution in [0.3, 0.4) is 0 Å². The maximum absolute atomic E-state index is 12.2. The zero-order valence-electron chi connectivity index (χ0n) is 15.3. The summed E-state index contributed by atoms with van der Waals surface area (Å²) in [6.45, 7) is 6.17. The third kappa shape index (κ3) is 2.17. The van der Waals surface area contributed by atoms with Crippen molar-refractivity contribution in [1.82, 2.24) is 0 Å². The highest BCUT2D eigenvalue weighted by Gasteiger charge is 2.61. The highest BCUT2D eigenvalue weighted by atomic mass is 35.5. The molecule has 4 aliphatic rings. The maximum Gasteiger partial charge on any atom is 0.156 e. The minimum Gasteiger partial charge on any atom is -0.510 e. The van der Waals surface area contributed by atoms with Crippen LogP contribution < -0.4 is 0 Å². The number of hydrogen-bond acceptors (Lipinski definition) is 3. The van der Waals surface area contributed by atoms with Crippen LogP contribution in [0.25, 0.3) is 0 Å². The van der Waals surface area contributed by atoms with E-state index in [4.69, 9.17) is 11.6 Å². The molecule has 4 heteroatoms. The second-order valence-corrected chi connectivity index (χ2v) is 9.54. The lowest BCUT2D eigenvalue weighted by Gasteiger charge is -2.56. The largest absolute Gasteiger partial charge is 0.510 e. The molecule has 25 heavy (non-hydrogen) atoms. The van der Waals surface area contributed by atoms with Crippen LogP contribution in [0, 0.1) is 34.5 Å². The molecule has 0 amide bonds. The molecule has 4 aliphatic carbocycles. The molecule has 0 spiro atoms. The monoisotopic (exact) mass is 362 g/mol. The van der Waals surface area contributed by atoms with E-state index in [2.05, 4.69) is 13.8 Å². The molecule has 2 fully saturated rings. The molecule has 0 bridgehead atoms. The lowest BCUT2D eigenvalue weighted by molar-refractivity contribution is -0.127. The van der Waals surface area contributed by atoms with Gasteiger partial charge in [-0.3, -0.25) is 9.59 Å². The Labute approximate surface area is 154 Å². The van der Waals surface area contributed by atoms with Crippen LogP contribution >= 0.6 is 11.6 Å². The third-order valence-electron chi connectivity index (χ3n) is 8.17. The predicted octanol–water partition coefficient (Wildman–Crippen LogP) is 4.95. The lowest BCUT2D eigenvalue weighted by Crippen LogP contribution is -2.51. The van der Waals surface area contributed by atoms with E-state index in [1.165, 1.54) is 0 Å². The van der Waals surface area contributed by atoms with Gasteiger partial charge in [0, 0.05) is 18.3 Å². The van der Waals surface area contributed by atoms with Crippen LogP contribution in [-0.2, 0) is 9.59 Å². The molecule has 1 N–H and O–H groups in total. The number of rotatable bonds is 1. The molecular formula is C21H27ClO3. The minimum atomic E-state index is -0.141. The topological polar surface area (TPSA) is 54.4 Å². The van der Waals surface area contributed by atoms with Crippen molar-refractivity contribution in [3.63, 3.8) is 0 Å². The standard InChI is InChI=1S/C21H27ClO3/c1-11(23)13-4-5-14-17-15(7-9-20(13,14)2)21(3)8-6-12(24)10-16(21)18(22)19(17)25/h10,13-15,17,25H,4-9H2,1-3H3/t13-,14+,15+,17+,20-,21-/m1/s1. The Bertz CT molecular complexity index is 721. The van der Waals surface area contributed by atoms with Gasteiger partial charge in [-0.05, 0) is 73.3 Å². The molecule has 2 saturated carbocycles. The third-order valence-corrected chi connectivity index (χ3v) is 8.57. The number of aliphatic hydroxyl groups excluding tert-OH is 1. The normalized spacial score (nSPS) is 46.2. The average molecular weight is 363 g/mol. The first-order valence-electron chi connectivity index (χ1n) is 9.54. The van der Waals surface area contributed by atoms with Crippen LogP contribution in [-0.4, -0.2) is 16.7 Å². The van der Waals surface area contributed by atoms with E-state index in [0.717, 1.165) is 37.7 Å². The molecule has 3 nitrogen and oxygen atoms in total. The molecule has 0 saturated heterocycles. The first-order chi connectivity index (χ1) is 11.7. The zero-order valence-corrected chi connectivity index (χ0v) is 16.0. The van der Waals surface area contributed by atoms with Gasteiger partial charge in [-0.25, -0.2) is 0 Å². The number of hydrogen-bond donors (Lipinski definition) is 1. The summed E-state index contributed by atoms with van der Waals surface area (Å²) < 4.78 is 0. The summed E-state index contributed by atoms with van der Waals surface area (Å²) in [6, 6.07) is 0. The van der Waals surface area contributed by atoms with Gasteiger partial charge in [0.15, 0.2) is 5.78 Å². The SMILES string of the molecule is CC(=O)[C@H]1CC[C@H]2[C@@H]3C(O)=C(Cl)C4=CC(=O)CC[C@]4(C)[C@H]3CC[C@]12C. The fourth-order valence-corrected chi connectivity index (χ4v) is 7.20. The van der Waals surface area contributed by atoms with Crippen LogP contribution in [0.4, 0.5) is 0 Å². The Balaban J connectivity index is 1.83. The van der Waals surface area contributed by atoms with E-state index in [9.17, 15) is 14.7 Å². The van der Waals surface area contributed by atoms with Crippen molar-refractivity contribution in [2.24, 2.45) is 34.5 Å². The molecule has 0 radical (unpaired) electrons. The van der Waals surface area contributed by atoms with Crippen LogP contribution in [0.1, 0.15) is 59.3 Å². The Morgan fingerprint density at radius 1 is 1.20 bits per heavy atom. The zero-order chi connectivity index (χ0) is 18.1. The van der Waals surface area contributed by atoms with Gasteiger partial charge in [0.05, 0.1) is 5.03 Å². The Morgan fingerprint density at radius 2 is 1.92 bits per heavy atom. The smallest absolute Gasteiger partial charge is 0.156 e. The predicted molar refractivity (Wildman–Crippen MR) is 97.2 cm³/mol. The number of allylic oxidation sites excluding steroid dienone is 4. The summed E-state index contributed by atoms with van der Waals surface area (Å²) in [5.41, 5.74) is 0.659. The summed E-state index contributed by atoms with van der Waals surface area (Å²) in [5.74, 6) is 1.38. The summed E-state index contributed by atoms with van der Waals surface area (Å²) in [7, 11) is 0. The van der Waals surface area contributed by atoms with E-state index in [-0.39, 0.29) is 40.0 Å². The molecule has 0 unspecified atom stereocenters. The lowest BCUT2D eigenvalue weighted by atomic mass is 9.48. The molecule has 0 aliphatic heterocycles. The van der Waals surface area contributed by atoms with E-state index < -0.39 is 0 Å². The average Bonchev–Trinajstić information content (AvgIpc) is 2.91. The number of fused-ring (bicyclic) bond motifs is 5. The number of halogens is 1. The molecular weight excluding hydrogens is 336 g/mol. The van der Waals surface area contributed by atoms with Crippen molar-refractivity contribution >= 4 is 23.2 Å². The van der Waals surface area contributed by atoms with Gasteiger partial charge in [-0.2, -0.15) is 0 Å². The van der Waals surface area contributed by atoms with Gasteiger partial charge in [0.1, 0.15) is 11.5 Å². The Kier molecular flexibility index (Phi) is 3.78. The van der Waals surface area contributed by atoms with Crippen molar-refractivity contribution in [3.8, 4) is 0 Å². The van der Waals surface area contributed by atoms with Gasteiger partial charge in [-0.15, -0.1) is 0 Å². The van der Waals surface area contributed by atoms with Crippen molar-refractivity contribution in [1.29, 1.82) is 0 Å². The number of carbonyl (C=O) groups is 2. The molecule has 4 rings (SSSR count).